The van der Waals surface area contributed by atoms with Crippen molar-refractivity contribution in [2.75, 3.05) is 11.9 Å². The van der Waals surface area contributed by atoms with Crippen LogP contribution in [0.4, 0.5) is 5.69 Å². The highest BCUT2D eigenvalue weighted by molar-refractivity contribution is 7.09. The van der Waals surface area contributed by atoms with E-state index in [1.165, 1.54) is 0 Å². The largest absolute Gasteiger partial charge is 0.494 e. The van der Waals surface area contributed by atoms with Gasteiger partial charge in [0.25, 0.3) is 0 Å². The molecule has 6 heteroatoms. The summed E-state index contributed by atoms with van der Waals surface area (Å²) in [6.07, 6.45) is 0. The lowest BCUT2D eigenvalue weighted by Gasteiger charge is -2.17. The summed E-state index contributed by atoms with van der Waals surface area (Å²) in [6.45, 7) is 4.67. The number of hydrogen-bond acceptors (Lipinski definition) is 5. The first kappa shape index (κ1) is 17.3. The van der Waals surface area contributed by atoms with Crippen LogP contribution in [-0.2, 0) is 17.9 Å². The number of amides is 1. The summed E-state index contributed by atoms with van der Waals surface area (Å²) in [6, 6.07) is 9.02. The van der Waals surface area contributed by atoms with E-state index in [1.807, 2.05) is 30.5 Å². The van der Waals surface area contributed by atoms with Gasteiger partial charge in [-0.3, -0.25) is 4.79 Å². The first-order chi connectivity index (χ1) is 11.1. The lowest BCUT2D eigenvalue weighted by Crippen LogP contribution is -2.37. The van der Waals surface area contributed by atoms with Crippen molar-refractivity contribution in [2.24, 2.45) is 0 Å². The second kappa shape index (κ2) is 8.55. The highest BCUT2D eigenvalue weighted by Gasteiger charge is 2.13. The van der Waals surface area contributed by atoms with Crippen molar-refractivity contribution >= 4 is 22.9 Å². The van der Waals surface area contributed by atoms with Gasteiger partial charge in [0.05, 0.1) is 19.8 Å². The smallest absolute Gasteiger partial charge is 0.242 e. The van der Waals surface area contributed by atoms with Gasteiger partial charge in [-0.2, -0.15) is 0 Å². The lowest BCUT2D eigenvalue weighted by molar-refractivity contribution is -0.121. The molecule has 0 saturated carbocycles. The molecular weight excluding hydrogens is 312 g/mol. The van der Waals surface area contributed by atoms with Crippen LogP contribution in [0.15, 0.2) is 35.7 Å². The number of hydrogen-bond donors (Lipinski definition) is 3. The topological polar surface area (TPSA) is 70.6 Å². The molecule has 0 spiro atoms. The molecule has 1 unspecified atom stereocenters. The summed E-state index contributed by atoms with van der Waals surface area (Å²) in [4.78, 5) is 13.2. The molecule has 0 radical (unpaired) electrons. The average molecular weight is 334 g/mol. The van der Waals surface area contributed by atoms with Crippen LogP contribution in [-0.4, -0.2) is 23.7 Å². The predicted octanol–water partition coefficient (Wildman–Crippen LogP) is 2.76. The van der Waals surface area contributed by atoms with E-state index >= 15 is 0 Å². The van der Waals surface area contributed by atoms with Crippen LogP contribution < -0.4 is 15.4 Å². The molecule has 1 heterocycles. The standard InChI is InChI=1S/C17H22N2O3S/c1-3-22-16-7-6-14(9-13(16)11-20)19-12(2)17(21)18-10-15-5-4-8-23-15/h4-9,12,19-20H,3,10-11H2,1-2H3,(H,18,21). The molecule has 0 aliphatic rings. The Labute approximate surface area is 140 Å². The van der Waals surface area contributed by atoms with E-state index in [-0.39, 0.29) is 18.6 Å². The summed E-state index contributed by atoms with van der Waals surface area (Å²) in [5.41, 5.74) is 1.47. The van der Waals surface area contributed by atoms with Gasteiger partial charge in [-0.25, -0.2) is 0 Å². The summed E-state index contributed by atoms with van der Waals surface area (Å²) in [5, 5.41) is 17.4. The fraction of sp³-hybridized carbons (Fsp3) is 0.353. The minimum Gasteiger partial charge on any atom is -0.494 e. The van der Waals surface area contributed by atoms with Crippen molar-refractivity contribution in [1.29, 1.82) is 0 Å². The van der Waals surface area contributed by atoms with Gasteiger partial charge in [0, 0.05) is 16.1 Å². The number of nitrogens with one attached hydrogen (secondary N) is 2. The van der Waals surface area contributed by atoms with E-state index in [4.69, 9.17) is 4.74 Å². The molecule has 1 atom stereocenters. The molecule has 0 fully saturated rings. The highest BCUT2D eigenvalue weighted by atomic mass is 32.1. The minimum atomic E-state index is -0.376. The zero-order chi connectivity index (χ0) is 16.7. The van der Waals surface area contributed by atoms with E-state index in [2.05, 4.69) is 10.6 Å². The molecule has 1 aromatic heterocycles. The highest BCUT2D eigenvalue weighted by Crippen LogP contribution is 2.23. The van der Waals surface area contributed by atoms with Crippen LogP contribution >= 0.6 is 11.3 Å². The molecule has 0 aliphatic carbocycles. The molecule has 2 aromatic rings. The molecule has 0 aliphatic heterocycles. The fourth-order valence-corrected chi connectivity index (χ4v) is 2.79. The third kappa shape index (κ3) is 4.97. The molecule has 0 bridgehead atoms. The van der Waals surface area contributed by atoms with E-state index in [0.717, 1.165) is 10.6 Å². The van der Waals surface area contributed by atoms with E-state index in [9.17, 15) is 9.90 Å². The van der Waals surface area contributed by atoms with Crippen LogP contribution in [0.2, 0.25) is 0 Å². The van der Waals surface area contributed by atoms with E-state index in [0.29, 0.717) is 24.5 Å². The van der Waals surface area contributed by atoms with Crippen molar-refractivity contribution in [2.45, 2.75) is 33.0 Å². The summed E-state index contributed by atoms with van der Waals surface area (Å²) >= 11 is 1.61. The third-order valence-corrected chi connectivity index (χ3v) is 4.20. The molecule has 1 aromatic carbocycles. The maximum atomic E-state index is 12.1. The number of ether oxygens (including phenoxy) is 1. The summed E-state index contributed by atoms with van der Waals surface area (Å²) < 4.78 is 5.45. The molecular formula is C17H22N2O3S. The molecule has 3 N–H and O–H groups in total. The first-order valence-electron chi connectivity index (χ1n) is 7.57. The van der Waals surface area contributed by atoms with E-state index < -0.39 is 0 Å². The fourth-order valence-electron chi connectivity index (χ4n) is 2.15. The SMILES string of the molecule is CCOc1ccc(NC(C)C(=O)NCc2cccs2)cc1CO. The zero-order valence-corrected chi connectivity index (χ0v) is 14.2. The van der Waals surface area contributed by atoms with Crippen LogP contribution in [0.3, 0.4) is 0 Å². The number of carbonyl (C=O) groups is 1. The Kier molecular flexibility index (Phi) is 6.43. The van der Waals surface area contributed by atoms with Crippen LogP contribution in [0.25, 0.3) is 0 Å². The van der Waals surface area contributed by atoms with Gasteiger partial charge in [0.15, 0.2) is 0 Å². The minimum absolute atomic E-state index is 0.0715. The van der Waals surface area contributed by atoms with Crippen molar-refractivity contribution in [3.63, 3.8) is 0 Å². The Balaban J connectivity index is 1.93. The summed E-state index contributed by atoms with van der Waals surface area (Å²) in [7, 11) is 0. The Morgan fingerprint density at radius 1 is 1.39 bits per heavy atom. The van der Waals surface area contributed by atoms with Crippen molar-refractivity contribution in [1.82, 2.24) is 5.32 Å². The number of rotatable bonds is 8. The summed E-state index contributed by atoms with van der Waals surface area (Å²) in [5.74, 6) is 0.591. The first-order valence-corrected chi connectivity index (χ1v) is 8.45. The molecule has 2 rings (SSSR count). The molecule has 0 saturated heterocycles. The van der Waals surface area contributed by atoms with Gasteiger partial charge < -0.3 is 20.5 Å². The number of carbonyl (C=O) groups excluding carboxylic acids is 1. The van der Waals surface area contributed by atoms with Crippen molar-refractivity contribution in [3.8, 4) is 5.75 Å². The van der Waals surface area contributed by atoms with Gasteiger partial charge in [0.2, 0.25) is 5.91 Å². The Hall–Kier alpha value is -2.05. The van der Waals surface area contributed by atoms with Crippen LogP contribution in [0.5, 0.6) is 5.75 Å². The average Bonchev–Trinajstić information content (AvgIpc) is 3.07. The van der Waals surface area contributed by atoms with Crippen molar-refractivity contribution in [3.05, 3.63) is 46.2 Å². The quantitative estimate of drug-likeness (QED) is 0.694. The van der Waals surface area contributed by atoms with Gasteiger partial charge in [-0.05, 0) is 43.5 Å². The second-order valence-electron chi connectivity index (χ2n) is 5.08. The maximum absolute atomic E-state index is 12.1. The van der Waals surface area contributed by atoms with Crippen molar-refractivity contribution < 1.29 is 14.6 Å². The van der Waals surface area contributed by atoms with Gasteiger partial charge in [-0.15, -0.1) is 11.3 Å². The molecule has 124 valence electrons. The number of benzene rings is 1. The predicted molar refractivity (Wildman–Crippen MR) is 92.8 cm³/mol. The van der Waals surface area contributed by atoms with Gasteiger partial charge >= 0.3 is 0 Å². The Bertz CT molecular complexity index is 629. The monoisotopic (exact) mass is 334 g/mol. The number of thiophene rings is 1. The third-order valence-electron chi connectivity index (χ3n) is 3.32. The molecule has 5 nitrogen and oxygen atoms in total. The Morgan fingerprint density at radius 2 is 2.22 bits per heavy atom. The Morgan fingerprint density at radius 3 is 2.87 bits per heavy atom. The van der Waals surface area contributed by atoms with Gasteiger partial charge in [0.1, 0.15) is 11.8 Å². The molecule has 23 heavy (non-hydrogen) atoms. The normalized spacial score (nSPS) is 11.8. The lowest BCUT2D eigenvalue weighted by atomic mass is 10.1. The van der Waals surface area contributed by atoms with Crippen LogP contribution in [0.1, 0.15) is 24.3 Å². The number of aliphatic hydroxyl groups excluding tert-OH is 1. The van der Waals surface area contributed by atoms with Crippen LogP contribution in [0, 0.1) is 0 Å². The maximum Gasteiger partial charge on any atom is 0.242 e. The second-order valence-corrected chi connectivity index (χ2v) is 6.11. The number of anilines is 1. The molecule has 1 amide bonds. The van der Waals surface area contributed by atoms with E-state index in [1.54, 1.807) is 30.4 Å². The van der Waals surface area contributed by atoms with Gasteiger partial charge in [-0.1, -0.05) is 6.07 Å². The number of aliphatic hydroxyl groups is 1. The zero-order valence-electron chi connectivity index (χ0n) is 13.3.